The van der Waals surface area contributed by atoms with Gasteiger partial charge in [0, 0.05) is 12.8 Å². The van der Waals surface area contributed by atoms with Gasteiger partial charge >= 0.3 is 11.9 Å². The summed E-state index contributed by atoms with van der Waals surface area (Å²) in [4.78, 5) is 23.9. The van der Waals surface area contributed by atoms with Crippen LogP contribution in [0.15, 0.2) is 0 Å². The molecule has 1 N–H and O–H groups in total. The fraction of sp³-hybridized carbons (Fsp3) is 0.882. The zero-order chi connectivity index (χ0) is 16.6. The molecule has 4 aliphatic rings. The van der Waals surface area contributed by atoms with Crippen molar-refractivity contribution in [3.63, 3.8) is 0 Å². The molecule has 4 bridgehead atoms. The van der Waals surface area contributed by atoms with Crippen molar-refractivity contribution >= 4 is 11.9 Å². The molecule has 2 aliphatic carbocycles. The number of fused-ring (bicyclic) bond motifs is 1. The molecule has 6 heteroatoms. The van der Waals surface area contributed by atoms with E-state index >= 15 is 0 Å². The van der Waals surface area contributed by atoms with E-state index in [-0.39, 0.29) is 18.0 Å². The van der Waals surface area contributed by atoms with Crippen molar-refractivity contribution < 1.29 is 28.9 Å². The van der Waals surface area contributed by atoms with Gasteiger partial charge in [-0.05, 0) is 38.0 Å². The molecule has 0 aromatic rings. The molecule has 130 valence electrons. The van der Waals surface area contributed by atoms with Crippen molar-refractivity contribution in [3.05, 3.63) is 0 Å². The molecule has 0 aromatic carbocycles. The average Bonchev–Trinajstić information content (AvgIpc) is 2.67. The van der Waals surface area contributed by atoms with Gasteiger partial charge in [-0.2, -0.15) is 0 Å². The molecule has 2 heterocycles. The summed E-state index contributed by atoms with van der Waals surface area (Å²) >= 11 is 0. The Balaban J connectivity index is 1.70. The molecular formula is C17H26O6. The second-order valence-corrected chi connectivity index (χ2v) is 7.21. The summed E-state index contributed by atoms with van der Waals surface area (Å²) in [6.45, 7) is 3.60. The lowest BCUT2D eigenvalue weighted by Crippen LogP contribution is -2.49. The molecule has 2 saturated heterocycles. The van der Waals surface area contributed by atoms with Crippen LogP contribution in [0.2, 0.25) is 0 Å². The maximum absolute atomic E-state index is 12.1. The van der Waals surface area contributed by atoms with Crippen LogP contribution < -0.4 is 0 Å². The predicted octanol–water partition coefficient (Wildman–Crippen LogP) is 1.93. The number of rotatable bonds is 6. The third-order valence-corrected chi connectivity index (χ3v) is 5.33. The van der Waals surface area contributed by atoms with Gasteiger partial charge < -0.3 is 19.3 Å². The van der Waals surface area contributed by atoms with Crippen molar-refractivity contribution in [1.82, 2.24) is 0 Å². The van der Waals surface area contributed by atoms with E-state index in [0.717, 1.165) is 19.3 Å². The monoisotopic (exact) mass is 326 g/mol. The highest BCUT2D eigenvalue weighted by Crippen LogP contribution is 2.51. The smallest absolute Gasteiger partial charge is 0.337 e. The number of hydrogen-bond donors (Lipinski definition) is 1. The molecule has 0 radical (unpaired) electrons. The van der Waals surface area contributed by atoms with Crippen molar-refractivity contribution in [2.24, 2.45) is 11.8 Å². The molecule has 23 heavy (non-hydrogen) atoms. The first-order valence-electron chi connectivity index (χ1n) is 8.71. The van der Waals surface area contributed by atoms with Crippen LogP contribution in [0, 0.1) is 11.8 Å². The summed E-state index contributed by atoms with van der Waals surface area (Å²) in [6, 6.07) is 0. The van der Waals surface area contributed by atoms with E-state index in [1.807, 2.05) is 6.92 Å². The summed E-state index contributed by atoms with van der Waals surface area (Å²) in [6.07, 6.45) is 2.95. The largest absolute Gasteiger partial charge is 0.462 e. The summed E-state index contributed by atoms with van der Waals surface area (Å²) in [5.41, 5.74) is -0.444. The molecule has 6 nitrogen and oxygen atoms in total. The number of aliphatic hydroxyl groups excluding tert-OH is 1. The van der Waals surface area contributed by atoms with Gasteiger partial charge in [-0.15, -0.1) is 0 Å². The lowest BCUT2D eigenvalue weighted by atomic mass is 9.65. The first-order chi connectivity index (χ1) is 10.9. The molecule has 0 aromatic heterocycles. The van der Waals surface area contributed by atoms with E-state index in [1.54, 1.807) is 6.92 Å². The molecule has 0 spiro atoms. The van der Waals surface area contributed by atoms with Gasteiger partial charge in [-0.3, -0.25) is 4.79 Å². The van der Waals surface area contributed by atoms with Crippen LogP contribution in [-0.2, 0) is 23.8 Å². The van der Waals surface area contributed by atoms with Crippen LogP contribution in [0.25, 0.3) is 0 Å². The van der Waals surface area contributed by atoms with Crippen molar-refractivity contribution in [1.29, 1.82) is 0 Å². The third kappa shape index (κ3) is 3.38. The van der Waals surface area contributed by atoms with Crippen molar-refractivity contribution in [2.75, 3.05) is 0 Å². The van der Waals surface area contributed by atoms with E-state index in [4.69, 9.17) is 14.2 Å². The van der Waals surface area contributed by atoms with Gasteiger partial charge in [0.1, 0.15) is 6.10 Å². The Bertz CT molecular complexity index is 478. The molecule has 6 atom stereocenters. The first kappa shape index (κ1) is 16.7. The van der Waals surface area contributed by atoms with E-state index < -0.39 is 24.0 Å². The summed E-state index contributed by atoms with van der Waals surface area (Å²) in [5, 5.41) is 9.59. The lowest BCUT2D eigenvalue weighted by molar-refractivity contribution is -0.240. The van der Waals surface area contributed by atoms with Crippen molar-refractivity contribution in [2.45, 2.75) is 82.9 Å². The molecule has 4 fully saturated rings. The van der Waals surface area contributed by atoms with Crippen LogP contribution in [0.1, 0.15) is 58.8 Å². The zero-order valence-corrected chi connectivity index (χ0v) is 13.8. The predicted molar refractivity (Wildman–Crippen MR) is 80.2 cm³/mol. The standard InChI is InChI=1S/C17H26O6/c1-3-13(18)16(20)22-14(4-2)23-17-7-10-5-11(8-17)15(19)21-12(6-10)9-17/h10-14,18H,3-9H2,1-2H3. The van der Waals surface area contributed by atoms with Gasteiger partial charge in [-0.25, -0.2) is 4.79 Å². The number of ether oxygens (including phenoxy) is 3. The van der Waals surface area contributed by atoms with E-state index in [9.17, 15) is 14.7 Å². The maximum atomic E-state index is 12.1. The summed E-state index contributed by atoms with van der Waals surface area (Å²) in [5.74, 6) is -0.410. The highest BCUT2D eigenvalue weighted by atomic mass is 16.7. The number of aliphatic hydroxyl groups is 1. The molecule has 4 rings (SSSR count). The average molecular weight is 326 g/mol. The van der Waals surface area contributed by atoms with E-state index in [0.29, 0.717) is 31.6 Å². The SMILES string of the molecule is CCC(OC(=O)C(O)CC)OC12CC3CC(C1)OC(=O)C(C3)C2. The van der Waals surface area contributed by atoms with Crippen molar-refractivity contribution in [3.8, 4) is 0 Å². The lowest BCUT2D eigenvalue weighted by Gasteiger charge is -2.47. The number of carbonyl (C=O) groups excluding carboxylic acids is 2. The Morgan fingerprint density at radius 1 is 1.30 bits per heavy atom. The summed E-state index contributed by atoms with van der Waals surface area (Å²) < 4.78 is 17.1. The van der Waals surface area contributed by atoms with Crippen LogP contribution in [0.5, 0.6) is 0 Å². The maximum Gasteiger partial charge on any atom is 0.337 e. The number of esters is 2. The minimum Gasteiger partial charge on any atom is -0.462 e. The number of carbonyl (C=O) groups is 2. The minimum atomic E-state index is -1.11. The topological polar surface area (TPSA) is 82.1 Å². The van der Waals surface area contributed by atoms with Gasteiger partial charge in [0.2, 0.25) is 6.29 Å². The molecule has 0 amide bonds. The first-order valence-corrected chi connectivity index (χ1v) is 8.71. The van der Waals surface area contributed by atoms with Crippen LogP contribution in [0.3, 0.4) is 0 Å². The third-order valence-electron chi connectivity index (χ3n) is 5.33. The molecule has 2 aliphatic heterocycles. The van der Waals surface area contributed by atoms with Crippen LogP contribution in [0.4, 0.5) is 0 Å². The molecule has 6 unspecified atom stereocenters. The normalized spacial score (nSPS) is 37.9. The Kier molecular flexibility index (Phi) is 4.65. The molecular weight excluding hydrogens is 300 g/mol. The Labute approximate surface area is 136 Å². The van der Waals surface area contributed by atoms with Crippen LogP contribution >= 0.6 is 0 Å². The fourth-order valence-electron chi connectivity index (χ4n) is 4.36. The number of hydrogen-bond acceptors (Lipinski definition) is 6. The fourth-order valence-corrected chi connectivity index (χ4v) is 4.36. The Morgan fingerprint density at radius 2 is 2.09 bits per heavy atom. The zero-order valence-electron chi connectivity index (χ0n) is 13.8. The molecule has 2 saturated carbocycles. The Morgan fingerprint density at radius 3 is 2.78 bits per heavy atom. The highest BCUT2D eigenvalue weighted by molar-refractivity contribution is 5.74. The minimum absolute atomic E-state index is 0.0804. The Hall–Kier alpha value is -1.14. The summed E-state index contributed by atoms with van der Waals surface area (Å²) in [7, 11) is 0. The second kappa shape index (κ2) is 6.40. The van der Waals surface area contributed by atoms with Gasteiger partial charge in [0.15, 0.2) is 6.10 Å². The van der Waals surface area contributed by atoms with Crippen LogP contribution in [-0.4, -0.2) is 41.1 Å². The van der Waals surface area contributed by atoms with Gasteiger partial charge in [0.25, 0.3) is 0 Å². The highest BCUT2D eigenvalue weighted by Gasteiger charge is 2.54. The second-order valence-electron chi connectivity index (χ2n) is 7.21. The quantitative estimate of drug-likeness (QED) is 0.593. The van der Waals surface area contributed by atoms with E-state index in [2.05, 4.69) is 0 Å². The van der Waals surface area contributed by atoms with Gasteiger partial charge in [-0.1, -0.05) is 13.8 Å². The van der Waals surface area contributed by atoms with Gasteiger partial charge in [0.05, 0.1) is 11.5 Å². The van der Waals surface area contributed by atoms with E-state index in [1.165, 1.54) is 0 Å².